The van der Waals surface area contributed by atoms with Crippen LogP contribution in [0.3, 0.4) is 0 Å². The van der Waals surface area contributed by atoms with Crippen LogP contribution in [0.4, 0.5) is 0 Å². The van der Waals surface area contributed by atoms with Crippen LogP contribution in [0, 0.1) is 12.3 Å². The Morgan fingerprint density at radius 2 is 2.15 bits per heavy atom. The minimum absolute atomic E-state index is 0.00499. The zero-order valence-electron chi connectivity index (χ0n) is 12.7. The summed E-state index contributed by atoms with van der Waals surface area (Å²) >= 11 is 0. The number of aromatic nitrogens is 1. The Morgan fingerprint density at radius 1 is 1.45 bits per heavy atom. The molecular weight excluding hydrogens is 254 g/mol. The summed E-state index contributed by atoms with van der Waals surface area (Å²) < 4.78 is 7.28. The number of hydrogen-bond donors (Lipinski definition) is 2. The zero-order chi connectivity index (χ0) is 14.6. The first-order valence-corrected chi connectivity index (χ1v) is 7.18. The van der Waals surface area contributed by atoms with Crippen LogP contribution >= 0.6 is 0 Å². The Labute approximate surface area is 120 Å². The Balaban J connectivity index is 1.98. The molecule has 5 nitrogen and oxygen atoms in total. The third-order valence-electron chi connectivity index (χ3n) is 4.34. The van der Waals surface area contributed by atoms with E-state index in [1.165, 1.54) is 0 Å². The SMILES string of the molecule is COCC1(CNC(=O)c2ccc(C)n2C)CCNCC1. The van der Waals surface area contributed by atoms with Gasteiger partial charge in [0, 0.05) is 31.8 Å². The summed E-state index contributed by atoms with van der Waals surface area (Å²) in [6.07, 6.45) is 2.07. The van der Waals surface area contributed by atoms with Crippen LogP contribution in [0.15, 0.2) is 12.1 Å². The molecule has 0 aromatic carbocycles. The van der Waals surface area contributed by atoms with Crippen molar-refractivity contribution < 1.29 is 9.53 Å². The van der Waals surface area contributed by atoms with Crippen LogP contribution in [0.5, 0.6) is 0 Å². The maximum atomic E-state index is 12.3. The van der Waals surface area contributed by atoms with Gasteiger partial charge in [-0.05, 0) is 45.0 Å². The third-order valence-corrected chi connectivity index (χ3v) is 4.34. The van der Waals surface area contributed by atoms with E-state index in [-0.39, 0.29) is 11.3 Å². The summed E-state index contributed by atoms with van der Waals surface area (Å²) in [6.45, 7) is 5.34. The second-order valence-corrected chi connectivity index (χ2v) is 5.78. The molecule has 0 atom stereocenters. The fraction of sp³-hybridized carbons (Fsp3) is 0.667. The molecule has 1 aliphatic heterocycles. The molecule has 0 aliphatic carbocycles. The zero-order valence-corrected chi connectivity index (χ0v) is 12.7. The minimum atomic E-state index is -0.00499. The molecule has 2 heterocycles. The first-order chi connectivity index (χ1) is 9.58. The van der Waals surface area contributed by atoms with Crippen molar-refractivity contribution >= 4 is 5.91 Å². The summed E-state index contributed by atoms with van der Waals surface area (Å²) in [5.41, 5.74) is 1.86. The van der Waals surface area contributed by atoms with Crippen molar-refractivity contribution in [2.75, 3.05) is 33.4 Å². The maximum absolute atomic E-state index is 12.3. The molecule has 112 valence electrons. The van der Waals surface area contributed by atoms with Crippen LogP contribution < -0.4 is 10.6 Å². The minimum Gasteiger partial charge on any atom is -0.384 e. The number of methoxy groups -OCH3 is 1. The number of hydrogen-bond acceptors (Lipinski definition) is 3. The number of nitrogens with zero attached hydrogens (tertiary/aromatic N) is 1. The van der Waals surface area contributed by atoms with Gasteiger partial charge in [-0.1, -0.05) is 0 Å². The smallest absolute Gasteiger partial charge is 0.267 e. The molecule has 2 N–H and O–H groups in total. The topological polar surface area (TPSA) is 55.3 Å². The van der Waals surface area contributed by atoms with Crippen molar-refractivity contribution in [3.63, 3.8) is 0 Å². The molecule has 0 radical (unpaired) electrons. The van der Waals surface area contributed by atoms with Crippen molar-refractivity contribution in [1.82, 2.24) is 15.2 Å². The average molecular weight is 279 g/mol. The van der Waals surface area contributed by atoms with E-state index in [0.717, 1.165) is 31.6 Å². The van der Waals surface area contributed by atoms with Gasteiger partial charge in [-0.15, -0.1) is 0 Å². The van der Waals surface area contributed by atoms with Gasteiger partial charge in [0.2, 0.25) is 0 Å². The summed E-state index contributed by atoms with van der Waals surface area (Å²) in [6, 6.07) is 3.83. The number of piperidine rings is 1. The lowest BCUT2D eigenvalue weighted by atomic mass is 9.79. The van der Waals surface area contributed by atoms with E-state index in [4.69, 9.17) is 4.74 Å². The molecule has 1 fully saturated rings. The van der Waals surface area contributed by atoms with Crippen molar-refractivity contribution in [2.45, 2.75) is 19.8 Å². The highest BCUT2D eigenvalue weighted by Crippen LogP contribution is 2.28. The van der Waals surface area contributed by atoms with Gasteiger partial charge in [-0.2, -0.15) is 0 Å². The van der Waals surface area contributed by atoms with E-state index in [1.54, 1.807) is 7.11 Å². The number of carbonyl (C=O) groups excluding carboxylic acids is 1. The molecule has 1 saturated heterocycles. The monoisotopic (exact) mass is 279 g/mol. The maximum Gasteiger partial charge on any atom is 0.267 e. The van der Waals surface area contributed by atoms with Crippen molar-refractivity contribution in [1.29, 1.82) is 0 Å². The number of amides is 1. The Kier molecular flexibility index (Phi) is 4.83. The lowest BCUT2D eigenvalue weighted by Crippen LogP contribution is -2.47. The number of carbonyl (C=O) groups is 1. The van der Waals surface area contributed by atoms with E-state index in [1.807, 2.05) is 30.7 Å². The Bertz CT molecular complexity index is 456. The van der Waals surface area contributed by atoms with Gasteiger partial charge in [0.05, 0.1) is 6.61 Å². The van der Waals surface area contributed by atoms with Gasteiger partial charge in [0.25, 0.3) is 5.91 Å². The second kappa shape index (κ2) is 6.41. The standard InChI is InChI=1S/C15H25N3O2/c1-12-4-5-13(18(12)2)14(19)17-10-15(11-20-3)6-8-16-9-7-15/h4-5,16H,6-11H2,1-3H3,(H,17,19). The summed E-state index contributed by atoms with van der Waals surface area (Å²) in [4.78, 5) is 12.3. The third kappa shape index (κ3) is 3.22. The van der Waals surface area contributed by atoms with E-state index in [2.05, 4.69) is 10.6 Å². The normalized spacial score (nSPS) is 17.9. The van der Waals surface area contributed by atoms with Crippen LogP contribution in [-0.4, -0.2) is 43.8 Å². The molecule has 0 unspecified atom stereocenters. The van der Waals surface area contributed by atoms with Gasteiger partial charge < -0.3 is 19.9 Å². The molecular formula is C15H25N3O2. The van der Waals surface area contributed by atoms with Crippen molar-refractivity contribution in [2.24, 2.45) is 12.5 Å². The number of nitrogens with one attached hydrogen (secondary N) is 2. The Hall–Kier alpha value is -1.33. The molecule has 1 amide bonds. The van der Waals surface area contributed by atoms with Gasteiger partial charge in [-0.25, -0.2) is 0 Å². The van der Waals surface area contributed by atoms with Crippen molar-refractivity contribution in [3.05, 3.63) is 23.5 Å². The van der Waals surface area contributed by atoms with Crippen LogP contribution in [0.25, 0.3) is 0 Å². The first-order valence-electron chi connectivity index (χ1n) is 7.18. The first kappa shape index (κ1) is 15.1. The molecule has 0 bridgehead atoms. The summed E-state index contributed by atoms with van der Waals surface area (Å²) in [5.74, 6) is -0.00499. The Morgan fingerprint density at radius 3 is 2.70 bits per heavy atom. The molecule has 2 rings (SSSR count). The number of aryl methyl sites for hydroxylation is 1. The van der Waals surface area contributed by atoms with Gasteiger partial charge >= 0.3 is 0 Å². The highest BCUT2D eigenvalue weighted by molar-refractivity contribution is 5.92. The van der Waals surface area contributed by atoms with Crippen LogP contribution in [-0.2, 0) is 11.8 Å². The molecule has 20 heavy (non-hydrogen) atoms. The fourth-order valence-corrected chi connectivity index (χ4v) is 2.83. The van der Waals surface area contributed by atoms with Gasteiger partial charge in [0.1, 0.15) is 5.69 Å². The highest BCUT2D eigenvalue weighted by atomic mass is 16.5. The largest absolute Gasteiger partial charge is 0.384 e. The predicted molar refractivity (Wildman–Crippen MR) is 78.9 cm³/mol. The van der Waals surface area contributed by atoms with E-state index in [9.17, 15) is 4.79 Å². The lowest BCUT2D eigenvalue weighted by molar-refractivity contribution is 0.0510. The molecule has 0 spiro atoms. The van der Waals surface area contributed by atoms with E-state index >= 15 is 0 Å². The molecule has 0 saturated carbocycles. The second-order valence-electron chi connectivity index (χ2n) is 5.78. The van der Waals surface area contributed by atoms with Crippen molar-refractivity contribution in [3.8, 4) is 0 Å². The number of ether oxygens (including phenoxy) is 1. The molecule has 1 aromatic rings. The summed E-state index contributed by atoms with van der Waals surface area (Å²) in [7, 11) is 3.64. The molecule has 5 heteroatoms. The van der Waals surface area contributed by atoms with Gasteiger partial charge in [0.15, 0.2) is 0 Å². The van der Waals surface area contributed by atoms with Crippen LogP contribution in [0.1, 0.15) is 29.0 Å². The molecule has 1 aliphatic rings. The highest BCUT2D eigenvalue weighted by Gasteiger charge is 2.32. The quantitative estimate of drug-likeness (QED) is 0.848. The fourth-order valence-electron chi connectivity index (χ4n) is 2.83. The van der Waals surface area contributed by atoms with Gasteiger partial charge in [-0.3, -0.25) is 4.79 Å². The van der Waals surface area contributed by atoms with E-state index < -0.39 is 0 Å². The van der Waals surface area contributed by atoms with E-state index in [0.29, 0.717) is 18.8 Å². The molecule has 1 aromatic heterocycles. The number of rotatable bonds is 5. The van der Waals surface area contributed by atoms with Crippen LogP contribution in [0.2, 0.25) is 0 Å². The predicted octanol–water partition coefficient (Wildman–Crippen LogP) is 1.08. The lowest BCUT2D eigenvalue weighted by Gasteiger charge is -2.37. The summed E-state index contributed by atoms with van der Waals surface area (Å²) in [5, 5.41) is 6.44. The average Bonchev–Trinajstić information content (AvgIpc) is 2.78.